The van der Waals surface area contributed by atoms with Crippen molar-refractivity contribution in [2.45, 2.75) is 84.8 Å². The lowest BCUT2D eigenvalue weighted by atomic mass is 9.85. The van der Waals surface area contributed by atoms with Crippen molar-refractivity contribution in [2.75, 3.05) is 0 Å². The van der Waals surface area contributed by atoms with E-state index in [2.05, 4.69) is 20.8 Å². The van der Waals surface area contributed by atoms with E-state index in [1.807, 2.05) is 6.92 Å². The number of hydrogen-bond acceptors (Lipinski definition) is 2. The van der Waals surface area contributed by atoms with Gasteiger partial charge in [-0.3, -0.25) is 0 Å². The lowest BCUT2D eigenvalue weighted by Gasteiger charge is -2.28. The van der Waals surface area contributed by atoms with Crippen LogP contribution in [0.2, 0.25) is 0 Å². The quantitative estimate of drug-likeness (QED) is 0.575. The average molecular weight is 244 g/mol. The van der Waals surface area contributed by atoms with Crippen molar-refractivity contribution in [3.8, 4) is 0 Å². The van der Waals surface area contributed by atoms with E-state index in [0.717, 1.165) is 25.7 Å². The van der Waals surface area contributed by atoms with Crippen molar-refractivity contribution in [3.63, 3.8) is 0 Å². The Balaban J connectivity index is 3.95. The molecule has 0 heterocycles. The fourth-order valence-electron chi connectivity index (χ4n) is 2.31. The number of aliphatic hydroxyl groups excluding tert-OH is 2. The summed E-state index contributed by atoms with van der Waals surface area (Å²) in [5.74, 6) is 0.296. The Morgan fingerprint density at radius 3 is 1.94 bits per heavy atom. The van der Waals surface area contributed by atoms with Gasteiger partial charge in [-0.05, 0) is 18.8 Å². The molecule has 0 aromatic heterocycles. The van der Waals surface area contributed by atoms with Crippen LogP contribution in [0.15, 0.2) is 0 Å². The van der Waals surface area contributed by atoms with Crippen LogP contribution in [-0.4, -0.2) is 22.4 Å². The summed E-state index contributed by atoms with van der Waals surface area (Å²) < 4.78 is 0. The van der Waals surface area contributed by atoms with Gasteiger partial charge in [0.1, 0.15) is 0 Å². The largest absolute Gasteiger partial charge is 0.393 e. The molecule has 2 N–H and O–H groups in total. The molecule has 0 aromatic carbocycles. The highest BCUT2D eigenvalue weighted by molar-refractivity contribution is 4.76. The van der Waals surface area contributed by atoms with Crippen LogP contribution >= 0.6 is 0 Å². The maximum atomic E-state index is 10.2. The lowest BCUT2D eigenvalue weighted by Crippen LogP contribution is -2.34. The zero-order chi connectivity index (χ0) is 13.3. The maximum Gasteiger partial charge on any atom is 0.0615 e. The minimum Gasteiger partial charge on any atom is -0.393 e. The summed E-state index contributed by atoms with van der Waals surface area (Å²) in [6.07, 6.45) is 6.93. The molecule has 2 heteroatoms. The van der Waals surface area contributed by atoms with Crippen LogP contribution in [0.5, 0.6) is 0 Å². The van der Waals surface area contributed by atoms with Gasteiger partial charge in [-0.15, -0.1) is 0 Å². The Hall–Kier alpha value is -0.0800. The number of unbranched alkanes of at least 4 members (excludes halogenated alkanes) is 3. The van der Waals surface area contributed by atoms with Gasteiger partial charge in [0.15, 0.2) is 0 Å². The predicted octanol–water partition coefficient (Wildman–Crippen LogP) is 3.75. The minimum atomic E-state index is -0.363. The van der Waals surface area contributed by atoms with Gasteiger partial charge in [0, 0.05) is 5.92 Å². The Labute approximate surface area is 107 Å². The highest BCUT2D eigenvalue weighted by Gasteiger charge is 2.26. The van der Waals surface area contributed by atoms with Gasteiger partial charge in [0.25, 0.3) is 0 Å². The first kappa shape index (κ1) is 16.9. The molecule has 0 aliphatic rings. The molecule has 0 rings (SSSR count). The van der Waals surface area contributed by atoms with E-state index < -0.39 is 0 Å². The Bertz CT molecular complexity index is 170. The van der Waals surface area contributed by atoms with Crippen LogP contribution in [0.3, 0.4) is 0 Å². The van der Waals surface area contributed by atoms with E-state index in [1.165, 1.54) is 19.3 Å². The van der Waals surface area contributed by atoms with E-state index in [9.17, 15) is 10.2 Å². The van der Waals surface area contributed by atoms with Crippen LogP contribution in [0.25, 0.3) is 0 Å². The Kier molecular flexibility index (Phi) is 9.85. The summed E-state index contributed by atoms with van der Waals surface area (Å²) >= 11 is 0. The first-order valence-corrected chi connectivity index (χ1v) is 7.40. The van der Waals surface area contributed by atoms with Gasteiger partial charge in [-0.1, -0.05) is 59.8 Å². The summed E-state index contributed by atoms with van der Waals surface area (Å²) in [5, 5.41) is 20.2. The second kappa shape index (κ2) is 9.90. The van der Waals surface area contributed by atoms with Crippen molar-refractivity contribution < 1.29 is 10.2 Å². The Morgan fingerprint density at radius 2 is 1.41 bits per heavy atom. The molecule has 0 unspecified atom stereocenters. The van der Waals surface area contributed by atoms with Gasteiger partial charge >= 0.3 is 0 Å². The molecule has 0 aliphatic carbocycles. The topological polar surface area (TPSA) is 40.5 Å². The van der Waals surface area contributed by atoms with Crippen molar-refractivity contribution in [1.29, 1.82) is 0 Å². The first-order valence-electron chi connectivity index (χ1n) is 7.40. The number of aliphatic hydroxyl groups is 2. The standard InChI is InChI=1S/C15H32O2/c1-5-7-9-11-14(16)13(4)15(17)12(3)10-8-6-2/h12-17H,5-11H2,1-4H3/t12-,13+,14+,15-/m0/s1. The molecule has 0 amide bonds. The summed E-state index contributed by atoms with van der Waals surface area (Å²) in [5.41, 5.74) is 0. The van der Waals surface area contributed by atoms with E-state index in [0.29, 0.717) is 5.92 Å². The fraction of sp³-hybridized carbons (Fsp3) is 1.00. The van der Waals surface area contributed by atoms with E-state index in [1.54, 1.807) is 0 Å². The van der Waals surface area contributed by atoms with Crippen LogP contribution < -0.4 is 0 Å². The molecular weight excluding hydrogens is 212 g/mol. The molecule has 0 aromatic rings. The molecule has 0 saturated carbocycles. The van der Waals surface area contributed by atoms with Crippen molar-refractivity contribution >= 4 is 0 Å². The van der Waals surface area contributed by atoms with Crippen LogP contribution in [0, 0.1) is 11.8 Å². The van der Waals surface area contributed by atoms with Gasteiger partial charge < -0.3 is 10.2 Å². The number of rotatable bonds is 10. The molecule has 4 atom stereocenters. The smallest absolute Gasteiger partial charge is 0.0615 e. The highest BCUT2D eigenvalue weighted by atomic mass is 16.3. The van der Waals surface area contributed by atoms with Gasteiger partial charge in [0.2, 0.25) is 0 Å². The summed E-state index contributed by atoms with van der Waals surface area (Å²) in [7, 11) is 0. The molecule has 0 bridgehead atoms. The first-order chi connectivity index (χ1) is 8.04. The summed E-state index contributed by atoms with van der Waals surface area (Å²) in [6, 6.07) is 0. The van der Waals surface area contributed by atoms with E-state index in [4.69, 9.17) is 0 Å². The lowest BCUT2D eigenvalue weighted by molar-refractivity contribution is -0.0123. The monoisotopic (exact) mass is 244 g/mol. The average Bonchev–Trinajstić information content (AvgIpc) is 2.34. The second-order valence-electron chi connectivity index (χ2n) is 5.53. The molecule has 0 aliphatic heterocycles. The fourth-order valence-corrected chi connectivity index (χ4v) is 2.31. The third-order valence-electron chi connectivity index (χ3n) is 3.85. The summed E-state index contributed by atoms with van der Waals surface area (Å²) in [6.45, 7) is 8.40. The molecular formula is C15H32O2. The number of hydrogen-bond donors (Lipinski definition) is 2. The molecule has 2 nitrogen and oxygen atoms in total. The van der Waals surface area contributed by atoms with Crippen molar-refractivity contribution in [3.05, 3.63) is 0 Å². The van der Waals surface area contributed by atoms with E-state index >= 15 is 0 Å². The van der Waals surface area contributed by atoms with Gasteiger partial charge in [-0.2, -0.15) is 0 Å². The predicted molar refractivity (Wildman–Crippen MR) is 74.0 cm³/mol. The Morgan fingerprint density at radius 1 is 0.824 bits per heavy atom. The summed E-state index contributed by atoms with van der Waals surface area (Å²) in [4.78, 5) is 0. The highest BCUT2D eigenvalue weighted by Crippen LogP contribution is 2.23. The minimum absolute atomic E-state index is 0.00119. The SMILES string of the molecule is CCCCC[C@@H](O)[C@@H](C)[C@@H](O)[C@@H](C)CCCC. The second-order valence-corrected chi connectivity index (χ2v) is 5.53. The van der Waals surface area contributed by atoms with Gasteiger partial charge in [0.05, 0.1) is 12.2 Å². The molecule has 0 radical (unpaired) electrons. The normalized spacial score (nSPS) is 18.7. The zero-order valence-corrected chi connectivity index (χ0v) is 12.2. The third-order valence-corrected chi connectivity index (χ3v) is 3.85. The van der Waals surface area contributed by atoms with Crippen molar-refractivity contribution in [2.24, 2.45) is 11.8 Å². The van der Waals surface area contributed by atoms with Gasteiger partial charge in [-0.25, -0.2) is 0 Å². The molecule has 0 spiro atoms. The van der Waals surface area contributed by atoms with Crippen LogP contribution in [-0.2, 0) is 0 Å². The zero-order valence-electron chi connectivity index (χ0n) is 12.2. The van der Waals surface area contributed by atoms with Crippen molar-refractivity contribution in [1.82, 2.24) is 0 Å². The van der Waals surface area contributed by atoms with E-state index in [-0.39, 0.29) is 18.1 Å². The molecule has 17 heavy (non-hydrogen) atoms. The molecule has 0 saturated heterocycles. The maximum absolute atomic E-state index is 10.2. The van der Waals surface area contributed by atoms with Crippen LogP contribution in [0.4, 0.5) is 0 Å². The van der Waals surface area contributed by atoms with Crippen LogP contribution in [0.1, 0.15) is 72.6 Å². The molecule has 0 fully saturated rings. The molecule has 104 valence electrons. The third kappa shape index (κ3) is 7.05.